The molecule has 4 rings (SSSR count). The summed E-state index contributed by atoms with van der Waals surface area (Å²) in [6.45, 7) is 2.67. The average molecular weight is 368 g/mol. The van der Waals surface area contributed by atoms with E-state index in [1.165, 1.54) is 0 Å². The van der Waals surface area contributed by atoms with Gasteiger partial charge in [-0.1, -0.05) is 16.8 Å². The third-order valence-electron chi connectivity index (χ3n) is 4.68. The number of aromatic nitrogens is 3. The minimum atomic E-state index is -0.470. The lowest BCUT2D eigenvalue weighted by molar-refractivity contribution is 0.0835. The molecule has 3 heterocycles. The SMILES string of the molecule is Cc1ccc2c(c1)c(=O)c(C(=O)NCc1noc(C3CCCO3)n1)cn2C. The first kappa shape index (κ1) is 17.4. The average Bonchev–Trinajstić information content (AvgIpc) is 3.33. The quantitative estimate of drug-likeness (QED) is 0.756. The van der Waals surface area contributed by atoms with Crippen molar-refractivity contribution in [2.75, 3.05) is 6.61 Å². The molecule has 0 radical (unpaired) electrons. The van der Waals surface area contributed by atoms with Crippen LogP contribution in [0.4, 0.5) is 0 Å². The summed E-state index contributed by atoms with van der Waals surface area (Å²) in [5, 5.41) is 7.07. The number of nitrogens with one attached hydrogen (secondary N) is 1. The van der Waals surface area contributed by atoms with Crippen LogP contribution in [0.5, 0.6) is 0 Å². The highest BCUT2D eigenvalue weighted by atomic mass is 16.5. The predicted octanol–water partition coefficient (Wildman–Crippen LogP) is 2.01. The molecule has 1 fully saturated rings. The summed E-state index contributed by atoms with van der Waals surface area (Å²) in [6.07, 6.45) is 3.19. The van der Waals surface area contributed by atoms with Crippen LogP contribution in [0.1, 0.15) is 46.6 Å². The van der Waals surface area contributed by atoms with E-state index in [1.54, 1.807) is 23.9 Å². The maximum absolute atomic E-state index is 12.7. The Labute approximate surface area is 155 Å². The number of amides is 1. The number of hydrogen-bond donors (Lipinski definition) is 1. The molecule has 1 aromatic carbocycles. The van der Waals surface area contributed by atoms with Crippen LogP contribution >= 0.6 is 0 Å². The Balaban J connectivity index is 1.53. The first-order valence-corrected chi connectivity index (χ1v) is 8.85. The van der Waals surface area contributed by atoms with Gasteiger partial charge in [-0.2, -0.15) is 4.98 Å². The second-order valence-electron chi connectivity index (χ2n) is 6.74. The first-order chi connectivity index (χ1) is 13.0. The Kier molecular flexibility index (Phi) is 4.49. The van der Waals surface area contributed by atoms with Crippen LogP contribution in [0, 0.1) is 6.92 Å². The molecule has 0 saturated carbocycles. The van der Waals surface area contributed by atoms with Crippen LogP contribution < -0.4 is 10.7 Å². The molecule has 27 heavy (non-hydrogen) atoms. The molecule has 1 atom stereocenters. The molecule has 0 spiro atoms. The molecule has 8 heteroatoms. The van der Waals surface area contributed by atoms with E-state index < -0.39 is 5.91 Å². The van der Waals surface area contributed by atoms with E-state index in [-0.39, 0.29) is 23.6 Å². The van der Waals surface area contributed by atoms with E-state index >= 15 is 0 Å². The summed E-state index contributed by atoms with van der Waals surface area (Å²) in [7, 11) is 1.81. The zero-order valence-electron chi connectivity index (χ0n) is 15.2. The van der Waals surface area contributed by atoms with E-state index in [0.717, 1.165) is 23.9 Å². The summed E-state index contributed by atoms with van der Waals surface area (Å²) in [6, 6.07) is 5.60. The fraction of sp³-hybridized carbons (Fsp3) is 0.368. The van der Waals surface area contributed by atoms with E-state index in [9.17, 15) is 9.59 Å². The van der Waals surface area contributed by atoms with Crippen molar-refractivity contribution < 1.29 is 14.1 Å². The second-order valence-corrected chi connectivity index (χ2v) is 6.74. The summed E-state index contributed by atoms with van der Waals surface area (Å²) in [5.74, 6) is 0.304. The third kappa shape index (κ3) is 3.35. The Morgan fingerprint density at radius 1 is 1.41 bits per heavy atom. The highest BCUT2D eigenvalue weighted by molar-refractivity contribution is 5.97. The smallest absolute Gasteiger partial charge is 0.257 e. The van der Waals surface area contributed by atoms with Gasteiger partial charge in [-0.05, 0) is 31.9 Å². The van der Waals surface area contributed by atoms with Crippen molar-refractivity contribution in [3.05, 3.63) is 57.5 Å². The maximum Gasteiger partial charge on any atom is 0.257 e. The summed E-state index contributed by atoms with van der Waals surface area (Å²) < 4.78 is 12.5. The number of aryl methyl sites for hydroxylation is 2. The molecule has 1 unspecified atom stereocenters. The predicted molar refractivity (Wildman–Crippen MR) is 97.3 cm³/mol. The summed E-state index contributed by atoms with van der Waals surface area (Å²) in [5.41, 5.74) is 1.53. The van der Waals surface area contributed by atoms with E-state index in [2.05, 4.69) is 15.5 Å². The highest BCUT2D eigenvalue weighted by Crippen LogP contribution is 2.26. The topological polar surface area (TPSA) is 99.2 Å². The van der Waals surface area contributed by atoms with Crippen LogP contribution in [-0.4, -0.2) is 27.2 Å². The molecule has 140 valence electrons. The number of rotatable bonds is 4. The number of carbonyl (C=O) groups is 1. The van der Waals surface area contributed by atoms with Crippen LogP contribution in [0.15, 0.2) is 33.7 Å². The minimum absolute atomic E-state index is 0.0735. The van der Waals surface area contributed by atoms with Gasteiger partial charge in [-0.3, -0.25) is 9.59 Å². The normalized spacial score (nSPS) is 16.7. The van der Waals surface area contributed by atoms with Crippen LogP contribution in [0.25, 0.3) is 10.9 Å². The van der Waals surface area contributed by atoms with Gasteiger partial charge < -0.3 is 19.1 Å². The Bertz CT molecular complexity index is 1060. The van der Waals surface area contributed by atoms with Crippen LogP contribution in [-0.2, 0) is 18.3 Å². The maximum atomic E-state index is 12.7. The number of benzene rings is 1. The van der Waals surface area contributed by atoms with Crippen molar-refractivity contribution in [1.82, 2.24) is 20.0 Å². The van der Waals surface area contributed by atoms with Gasteiger partial charge in [0.1, 0.15) is 11.7 Å². The largest absolute Gasteiger partial charge is 0.368 e. The van der Waals surface area contributed by atoms with E-state index in [4.69, 9.17) is 9.26 Å². The zero-order chi connectivity index (χ0) is 19.0. The fourth-order valence-corrected chi connectivity index (χ4v) is 3.26. The number of fused-ring (bicyclic) bond motifs is 1. The zero-order valence-corrected chi connectivity index (χ0v) is 15.2. The van der Waals surface area contributed by atoms with Crippen LogP contribution in [0.2, 0.25) is 0 Å². The molecule has 1 N–H and O–H groups in total. The van der Waals surface area contributed by atoms with Crippen molar-refractivity contribution in [2.45, 2.75) is 32.4 Å². The molecule has 0 aliphatic carbocycles. The molecular formula is C19H20N4O4. The van der Waals surface area contributed by atoms with Crippen molar-refractivity contribution in [2.24, 2.45) is 7.05 Å². The van der Waals surface area contributed by atoms with Gasteiger partial charge >= 0.3 is 0 Å². The van der Waals surface area contributed by atoms with Gasteiger partial charge in [0.05, 0.1) is 12.1 Å². The Morgan fingerprint density at radius 2 is 2.26 bits per heavy atom. The monoisotopic (exact) mass is 368 g/mol. The molecule has 0 bridgehead atoms. The van der Waals surface area contributed by atoms with Gasteiger partial charge in [0.2, 0.25) is 5.43 Å². The first-order valence-electron chi connectivity index (χ1n) is 8.85. The Hall–Kier alpha value is -3.00. The molecule has 1 aliphatic heterocycles. The molecular weight excluding hydrogens is 348 g/mol. The molecule has 1 amide bonds. The van der Waals surface area contributed by atoms with Gasteiger partial charge in [-0.25, -0.2) is 0 Å². The minimum Gasteiger partial charge on any atom is -0.368 e. The molecule has 8 nitrogen and oxygen atoms in total. The van der Waals surface area contributed by atoms with Gasteiger partial charge in [0.15, 0.2) is 5.82 Å². The van der Waals surface area contributed by atoms with Gasteiger partial charge in [-0.15, -0.1) is 0 Å². The molecule has 1 saturated heterocycles. The fourth-order valence-electron chi connectivity index (χ4n) is 3.26. The lowest BCUT2D eigenvalue weighted by atomic mass is 10.1. The van der Waals surface area contributed by atoms with Crippen molar-refractivity contribution in [1.29, 1.82) is 0 Å². The van der Waals surface area contributed by atoms with Crippen molar-refractivity contribution in [3.8, 4) is 0 Å². The van der Waals surface area contributed by atoms with E-state index in [0.29, 0.717) is 23.7 Å². The number of nitrogens with zero attached hydrogens (tertiary/aromatic N) is 3. The van der Waals surface area contributed by atoms with Gasteiger partial charge in [0.25, 0.3) is 11.8 Å². The summed E-state index contributed by atoms with van der Waals surface area (Å²) in [4.78, 5) is 29.5. The van der Waals surface area contributed by atoms with Crippen LogP contribution in [0.3, 0.4) is 0 Å². The standard InChI is InChI=1S/C19H20N4O4/c1-11-5-6-14-12(8-11)17(24)13(10-23(14)2)18(25)20-9-16-21-19(27-22-16)15-4-3-7-26-15/h5-6,8,10,15H,3-4,7,9H2,1-2H3,(H,20,25). The van der Waals surface area contributed by atoms with Crippen molar-refractivity contribution >= 4 is 16.8 Å². The number of carbonyl (C=O) groups excluding carboxylic acids is 1. The van der Waals surface area contributed by atoms with E-state index in [1.807, 2.05) is 19.1 Å². The lowest BCUT2D eigenvalue weighted by Gasteiger charge is -2.09. The second kappa shape index (κ2) is 6.96. The Morgan fingerprint density at radius 3 is 3.04 bits per heavy atom. The number of ether oxygens (including phenoxy) is 1. The lowest BCUT2D eigenvalue weighted by Crippen LogP contribution is -2.29. The summed E-state index contributed by atoms with van der Waals surface area (Å²) >= 11 is 0. The van der Waals surface area contributed by atoms with Gasteiger partial charge in [0, 0.05) is 25.2 Å². The third-order valence-corrected chi connectivity index (χ3v) is 4.68. The van der Waals surface area contributed by atoms with Crippen molar-refractivity contribution in [3.63, 3.8) is 0 Å². The number of pyridine rings is 1. The number of hydrogen-bond acceptors (Lipinski definition) is 6. The molecule has 1 aliphatic rings. The molecule has 2 aromatic heterocycles. The molecule has 3 aromatic rings. The highest BCUT2D eigenvalue weighted by Gasteiger charge is 2.24.